The van der Waals surface area contributed by atoms with Crippen LogP contribution in [0.3, 0.4) is 0 Å². The zero-order valence-electron chi connectivity index (χ0n) is 20.6. The Morgan fingerprint density at radius 2 is 1.95 bits per heavy atom. The molecule has 0 radical (unpaired) electrons. The summed E-state index contributed by atoms with van der Waals surface area (Å²) in [7, 11) is -2.89. The van der Waals surface area contributed by atoms with Gasteiger partial charge in [0, 0.05) is 37.8 Å². The van der Waals surface area contributed by atoms with Crippen LogP contribution in [0.15, 0.2) is 40.3 Å². The number of aromatic nitrogens is 1. The van der Waals surface area contributed by atoms with Crippen LogP contribution in [0.5, 0.6) is 5.75 Å². The molecule has 1 saturated carbocycles. The molecule has 1 aliphatic heterocycles. The largest absolute Gasteiger partial charge is 0.490 e. The van der Waals surface area contributed by atoms with E-state index in [0.717, 1.165) is 11.2 Å². The van der Waals surface area contributed by atoms with Crippen LogP contribution < -0.4 is 9.64 Å². The van der Waals surface area contributed by atoms with E-state index in [9.17, 15) is 31.5 Å². The number of benzene rings is 1. The molecule has 0 saturated heterocycles. The summed E-state index contributed by atoms with van der Waals surface area (Å²) in [5, 5.41) is 9.82. The molecule has 13 heteroatoms. The zero-order chi connectivity index (χ0) is 27.2. The number of alkyl halides is 2. The van der Waals surface area contributed by atoms with Crippen LogP contribution in [0, 0.1) is 11.2 Å². The first-order chi connectivity index (χ1) is 17.3. The molecule has 2 aliphatic rings. The molecule has 4 rings (SSSR count). The molecule has 1 aromatic carbocycles. The van der Waals surface area contributed by atoms with Crippen LogP contribution in [0.4, 0.5) is 24.7 Å². The Hall–Kier alpha value is -2.51. The molecule has 1 atom stereocenters. The van der Waals surface area contributed by atoms with Crippen LogP contribution in [0.1, 0.15) is 32.6 Å². The Morgan fingerprint density at radius 3 is 2.49 bits per heavy atom. The summed E-state index contributed by atoms with van der Waals surface area (Å²) < 4.78 is 75.4. The van der Waals surface area contributed by atoms with Crippen LogP contribution in [0.2, 0.25) is 0 Å². The topological polar surface area (TPSA) is 100 Å². The number of sulfonamides is 1. The summed E-state index contributed by atoms with van der Waals surface area (Å²) in [6.07, 6.45) is 1.99. The molecule has 8 nitrogen and oxygen atoms in total. The third-order valence-electron chi connectivity index (χ3n) is 6.78. The number of likely N-dealkylation sites (N-methyl/N-ethyl adjacent to an activating group) is 1. The van der Waals surface area contributed by atoms with Crippen molar-refractivity contribution >= 4 is 39.3 Å². The highest BCUT2D eigenvalue weighted by Crippen LogP contribution is 2.47. The molecular formula is C24H28F3N3O5S2. The Kier molecular flexibility index (Phi) is 7.43. The molecule has 2 heterocycles. The Bertz CT molecular complexity index is 1280. The third kappa shape index (κ3) is 5.68. The van der Waals surface area contributed by atoms with Gasteiger partial charge in [0.2, 0.25) is 15.9 Å². The van der Waals surface area contributed by atoms with Gasteiger partial charge in [0.05, 0.1) is 0 Å². The summed E-state index contributed by atoms with van der Waals surface area (Å²) in [5.41, 5.74) is -0.563. The predicted molar refractivity (Wildman–Crippen MR) is 133 cm³/mol. The normalized spacial score (nSPS) is 20.7. The highest BCUT2D eigenvalue weighted by Gasteiger charge is 2.51. The maximum atomic E-state index is 13.7. The summed E-state index contributed by atoms with van der Waals surface area (Å²) >= 11 is 1.19. The smallest absolute Gasteiger partial charge is 0.313 e. The first kappa shape index (κ1) is 27.5. The minimum atomic E-state index is -4.22. The van der Waals surface area contributed by atoms with E-state index in [4.69, 9.17) is 4.74 Å². The molecule has 37 heavy (non-hydrogen) atoms. The van der Waals surface area contributed by atoms with Crippen molar-refractivity contribution in [2.24, 2.45) is 5.41 Å². The number of anilines is 2. The first-order valence-electron chi connectivity index (χ1n) is 11.6. The number of fused-ring (bicyclic) bond motifs is 1. The summed E-state index contributed by atoms with van der Waals surface area (Å²) in [6, 6.07) is 5.86. The van der Waals surface area contributed by atoms with E-state index in [1.54, 1.807) is 11.2 Å². The van der Waals surface area contributed by atoms with Crippen molar-refractivity contribution in [2.45, 2.75) is 54.5 Å². The monoisotopic (exact) mass is 559 g/mol. The second-order valence-corrected chi connectivity index (χ2v) is 12.3. The molecule has 1 N–H and O–H groups in total. The number of carbonyl (C=O) groups is 1. The second-order valence-electron chi connectivity index (χ2n) is 9.56. The molecule has 2 aromatic rings. The summed E-state index contributed by atoms with van der Waals surface area (Å²) in [6.45, 7) is 0.653. The average molecular weight is 560 g/mol. The maximum Gasteiger partial charge on any atom is 0.313 e. The van der Waals surface area contributed by atoms with Gasteiger partial charge < -0.3 is 14.7 Å². The molecule has 0 spiro atoms. The molecule has 202 valence electrons. The molecule has 1 aromatic heterocycles. The van der Waals surface area contributed by atoms with Crippen molar-refractivity contribution in [3.05, 3.63) is 36.1 Å². The summed E-state index contributed by atoms with van der Waals surface area (Å²) in [5.74, 6) is -4.28. The number of ether oxygens (including phenoxy) is 1. The van der Waals surface area contributed by atoms with Gasteiger partial charge in [0.15, 0.2) is 11.6 Å². The van der Waals surface area contributed by atoms with E-state index in [1.165, 1.54) is 49.1 Å². The average Bonchev–Trinajstić information content (AvgIpc) is 3.64. The van der Waals surface area contributed by atoms with Gasteiger partial charge in [0.25, 0.3) is 0 Å². The number of pyridine rings is 1. The van der Waals surface area contributed by atoms with Crippen LogP contribution in [-0.2, 0) is 14.8 Å². The Morgan fingerprint density at radius 1 is 1.30 bits per heavy atom. The zero-order valence-corrected chi connectivity index (χ0v) is 22.2. The lowest BCUT2D eigenvalue weighted by molar-refractivity contribution is -0.144. The minimum absolute atomic E-state index is 0.00753. The Labute approximate surface area is 217 Å². The highest BCUT2D eigenvalue weighted by atomic mass is 32.2. The molecule has 0 amide bonds. The number of hydrogen-bond donors (Lipinski definition) is 1. The van der Waals surface area contributed by atoms with Gasteiger partial charge in [-0.05, 0) is 56.7 Å². The number of aliphatic carboxylic acids is 1. The van der Waals surface area contributed by atoms with Crippen molar-refractivity contribution in [3.8, 4) is 5.75 Å². The van der Waals surface area contributed by atoms with E-state index in [1.807, 2.05) is 0 Å². The lowest BCUT2D eigenvalue weighted by Crippen LogP contribution is -2.41. The number of thioether (sulfide) groups is 1. The lowest BCUT2D eigenvalue weighted by Gasteiger charge is -2.29. The molecule has 0 bridgehead atoms. The number of nitrogens with zero attached hydrogens (tertiary/aromatic N) is 3. The van der Waals surface area contributed by atoms with Gasteiger partial charge in [-0.3, -0.25) is 4.79 Å². The van der Waals surface area contributed by atoms with Gasteiger partial charge in [-0.1, -0.05) is 0 Å². The summed E-state index contributed by atoms with van der Waals surface area (Å²) in [4.78, 5) is 17.5. The van der Waals surface area contributed by atoms with E-state index < -0.39 is 45.6 Å². The predicted octanol–water partition coefficient (Wildman–Crippen LogP) is 4.76. The van der Waals surface area contributed by atoms with Crippen LogP contribution >= 0.6 is 11.8 Å². The highest BCUT2D eigenvalue weighted by molar-refractivity contribution is 7.98. The van der Waals surface area contributed by atoms with E-state index in [-0.39, 0.29) is 36.0 Å². The maximum absolute atomic E-state index is 13.7. The molecule has 1 aliphatic carbocycles. The molecule has 1 fully saturated rings. The quantitative estimate of drug-likeness (QED) is 0.439. The van der Waals surface area contributed by atoms with E-state index >= 15 is 0 Å². The fourth-order valence-electron chi connectivity index (χ4n) is 4.18. The fourth-order valence-corrected chi connectivity index (χ4v) is 6.19. The van der Waals surface area contributed by atoms with Crippen molar-refractivity contribution in [1.82, 2.24) is 9.29 Å². The third-order valence-corrected chi connectivity index (χ3v) is 9.37. The van der Waals surface area contributed by atoms with Crippen molar-refractivity contribution in [1.29, 1.82) is 0 Å². The number of rotatable bonds is 9. The van der Waals surface area contributed by atoms with E-state index in [2.05, 4.69) is 4.98 Å². The number of halogens is 3. The fraction of sp³-hybridized carbons (Fsp3) is 0.500. The number of hydrogen-bond acceptors (Lipinski definition) is 7. The van der Waals surface area contributed by atoms with Crippen molar-refractivity contribution < 1.29 is 36.2 Å². The number of carboxylic acids is 1. The van der Waals surface area contributed by atoms with Crippen molar-refractivity contribution in [3.63, 3.8) is 0 Å². The van der Waals surface area contributed by atoms with Gasteiger partial charge in [0.1, 0.15) is 27.8 Å². The SMILES string of the molecule is CSc1nc2c(cc1OCC1(C(=O)O)CC1)S(=O)(=O)N(C)[C@H](CCC(C)(F)F)CN2c1ccc(F)cc1. The van der Waals surface area contributed by atoms with E-state index in [0.29, 0.717) is 23.6 Å². The van der Waals surface area contributed by atoms with Gasteiger partial charge >= 0.3 is 5.97 Å². The Balaban J connectivity index is 1.82. The van der Waals surface area contributed by atoms with Crippen LogP contribution in [0.25, 0.3) is 0 Å². The minimum Gasteiger partial charge on any atom is -0.490 e. The standard InChI is InChI=1S/C24H28F3N3O5S2/c1-23(26,27)9-8-17-13-30(16-6-4-15(25)5-7-16)20-19(37(33,34)29(17)2)12-18(21(28-20)36-3)35-14-24(10-11-24)22(31)32/h4-7,12,17H,8-11,13-14H2,1-3H3,(H,31,32)/t17-/m1/s1. The lowest BCUT2D eigenvalue weighted by atomic mass is 10.1. The van der Waals surface area contributed by atoms with Crippen LogP contribution in [-0.4, -0.2) is 67.2 Å². The number of carboxylic acid groups (broad SMARTS) is 1. The van der Waals surface area contributed by atoms with Crippen molar-refractivity contribution in [2.75, 3.05) is 31.4 Å². The van der Waals surface area contributed by atoms with Gasteiger partial charge in [-0.2, -0.15) is 4.31 Å². The van der Waals surface area contributed by atoms with Gasteiger partial charge in [-0.15, -0.1) is 11.8 Å². The second kappa shape index (κ2) is 9.99. The molecular weight excluding hydrogens is 531 g/mol. The molecule has 0 unspecified atom stereocenters. The van der Waals surface area contributed by atoms with Gasteiger partial charge in [-0.25, -0.2) is 26.6 Å². The first-order valence-corrected chi connectivity index (χ1v) is 14.3.